The highest BCUT2D eigenvalue weighted by atomic mass is 19.1. The van der Waals surface area contributed by atoms with Gasteiger partial charge in [-0.05, 0) is 50.3 Å². The van der Waals surface area contributed by atoms with Gasteiger partial charge in [0.1, 0.15) is 11.6 Å². The summed E-state index contributed by atoms with van der Waals surface area (Å²) in [6.45, 7) is 1.88. The van der Waals surface area contributed by atoms with E-state index in [9.17, 15) is 18.4 Å². The number of aliphatic carboxylic acids is 1. The molecule has 0 radical (unpaired) electrons. The van der Waals surface area contributed by atoms with Crippen LogP contribution in [0.15, 0.2) is 12.1 Å². The lowest BCUT2D eigenvalue weighted by Crippen LogP contribution is -2.44. The normalized spacial score (nSPS) is 18.3. The van der Waals surface area contributed by atoms with Gasteiger partial charge in [0, 0.05) is 19.0 Å². The molecular formula is C16H19F2NO3. The van der Waals surface area contributed by atoms with Crippen molar-refractivity contribution in [3.05, 3.63) is 34.9 Å². The Labute approximate surface area is 127 Å². The summed E-state index contributed by atoms with van der Waals surface area (Å²) < 4.78 is 27.6. The summed E-state index contributed by atoms with van der Waals surface area (Å²) in [6, 6.07) is 1.70. The molecule has 1 aliphatic heterocycles. The van der Waals surface area contributed by atoms with E-state index in [4.69, 9.17) is 5.11 Å². The first-order valence-corrected chi connectivity index (χ1v) is 7.38. The first kappa shape index (κ1) is 16.4. The van der Waals surface area contributed by atoms with Crippen LogP contribution in [0.25, 0.3) is 0 Å². The van der Waals surface area contributed by atoms with Gasteiger partial charge in [-0.15, -0.1) is 0 Å². The summed E-state index contributed by atoms with van der Waals surface area (Å²) in [5.74, 6) is -2.85. The molecule has 1 aromatic carbocycles. The van der Waals surface area contributed by atoms with Crippen LogP contribution in [0.5, 0.6) is 0 Å². The average Bonchev–Trinajstić information content (AvgIpc) is 2.48. The Kier molecular flexibility index (Phi) is 5.11. The number of carboxylic acid groups (broad SMARTS) is 1. The van der Waals surface area contributed by atoms with Gasteiger partial charge in [-0.2, -0.15) is 0 Å². The third-order valence-electron chi connectivity index (χ3n) is 4.06. The molecule has 1 atom stereocenters. The Bertz CT molecular complexity index is 589. The molecule has 1 N–H and O–H groups in total. The summed E-state index contributed by atoms with van der Waals surface area (Å²) in [5, 5.41) is 8.78. The molecule has 1 saturated heterocycles. The number of rotatable bonds is 4. The molecule has 1 amide bonds. The number of carbonyl (C=O) groups is 2. The molecule has 1 fully saturated rings. The molecule has 2 rings (SSSR count). The zero-order valence-electron chi connectivity index (χ0n) is 12.4. The number of hydrogen-bond acceptors (Lipinski definition) is 2. The van der Waals surface area contributed by atoms with Crippen LogP contribution in [0.4, 0.5) is 8.78 Å². The molecule has 1 heterocycles. The first-order valence-electron chi connectivity index (χ1n) is 7.38. The molecule has 1 aromatic rings. The van der Waals surface area contributed by atoms with Crippen LogP contribution in [0.1, 0.15) is 48.0 Å². The van der Waals surface area contributed by atoms with E-state index in [0.29, 0.717) is 19.4 Å². The van der Waals surface area contributed by atoms with Crippen molar-refractivity contribution in [3.63, 3.8) is 0 Å². The minimum Gasteiger partial charge on any atom is -0.481 e. The number of piperidine rings is 1. The van der Waals surface area contributed by atoms with Gasteiger partial charge in [0.15, 0.2) is 0 Å². The summed E-state index contributed by atoms with van der Waals surface area (Å²) in [5.41, 5.74) is -0.138. The Morgan fingerprint density at radius 1 is 1.27 bits per heavy atom. The van der Waals surface area contributed by atoms with E-state index >= 15 is 0 Å². The van der Waals surface area contributed by atoms with Crippen LogP contribution in [-0.2, 0) is 4.79 Å². The summed E-state index contributed by atoms with van der Waals surface area (Å²) in [6.07, 6.45) is 2.66. The van der Waals surface area contributed by atoms with E-state index in [0.717, 1.165) is 25.0 Å². The van der Waals surface area contributed by atoms with Gasteiger partial charge in [-0.25, -0.2) is 8.78 Å². The van der Waals surface area contributed by atoms with Crippen molar-refractivity contribution in [2.75, 3.05) is 6.54 Å². The third-order valence-corrected chi connectivity index (χ3v) is 4.06. The number of hydrogen-bond donors (Lipinski definition) is 1. The Balaban J connectivity index is 2.21. The van der Waals surface area contributed by atoms with Gasteiger partial charge in [0.2, 0.25) is 0 Å². The summed E-state index contributed by atoms with van der Waals surface area (Å²) in [7, 11) is 0. The Morgan fingerprint density at radius 2 is 2.00 bits per heavy atom. The van der Waals surface area contributed by atoms with Crippen LogP contribution >= 0.6 is 0 Å². The Hall–Kier alpha value is -1.98. The maximum absolute atomic E-state index is 14.0. The molecule has 0 saturated carbocycles. The van der Waals surface area contributed by atoms with Gasteiger partial charge < -0.3 is 10.0 Å². The second-order valence-electron chi connectivity index (χ2n) is 5.66. The molecule has 1 unspecified atom stereocenters. The molecule has 1 aliphatic rings. The van der Waals surface area contributed by atoms with Gasteiger partial charge in [0.05, 0.1) is 5.56 Å². The van der Waals surface area contributed by atoms with Crippen LogP contribution in [0, 0.1) is 18.6 Å². The maximum Gasteiger partial charge on any atom is 0.303 e. The fraction of sp³-hybridized carbons (Fsp3) is 0.500. The van der Waals surface area contributed by atoms with Gasteiger partial charge in [-0.3, -0.25) is 9.59 Å². The standard InChI is InChI=1S/C16H19F2NO3/c1-10-8-14(18)12(9-13(10)17)16(22)19-7-3-2-4-11(19)5-6-15(20)21/h8-9,11H,2-7H2,1H3,(H,20,21). The monoisotopic (exact) mass is 311 g/mol. The summed E-state index contributed by atoms with van der Waals surface area (Å²) >= 11 is 0. The zero-order valence-corrected chi connectivity index (χ0v) is 12.4. The SMILES string of the molecule is Cc1cc(F)c(C(=O)N2CCCCC2CCC(=O)O)cc1F. The third kappa shape index (κ3) is 3.61. The first-order chi connectivity index (χ1) is 10.4. The number of benzene rings is 1. The molecule has 0 bridgehead atoms. The second kappa shape index (κ2) is 6.85. The lowest BCUT2D eigenvalue weighted by molar-refractivity contribution is -0.137. The zero-order chi connectivity index (χ0) is 16.3. The van der Waals surface area contributed by atoms with Crippen LogP contribution < -0.4 is 0 Å². The minimum absolute atomic E-state index is 0.0425. The van der Waals surface area contributed by atoms with Gasteiger partial charge in [0.25, 0.3) is 5.91 Å². The maximum atomic E-state index is 14.0. The van der Waals surface area contributed by atoms with E-state index in [1.54, 1.807) is 0 Å². The fourth-order valence-corrected chi connectivity index (χ4v) is 2.82. The lowest BCUT2D eigenvalue weighted by atomic mass is 9.96. The van der Waals surface area contributed by atoms with Crippen LogP contribution in [-0.4, -0.2) is 34.5 Å². The van der Waals surface area contributed by atoms with Crippen LogP contribution in [0.2, 0.25) is 0 Å². The quantitative estimate of drug-likeness (QED) is 0.929. The molecule has 0 aromatic heterocycles. The topological polar surface area (TPSA) is 57.6 Å². The van der Waals surface area contributed by atoms with E-state index in [-0.39, 0.29) is 23.6 Å². The fourth-order valence-electron chi connectivity index (χ4n) is 2.82. The number of aryl methyl sites for hydroxylation is 1. The van der Waals surface area contributed by atoms with Crippen molar-refractivity contribution in [1.29, 1.82) is 0 Å². The van der Waals surface area contributed by atoms with Crippen molar-refractivity contribution in [3.8, 4) is 0 Å². The van der Waals surface area contributed by atoms with E-state index in [1.165, 1.54) is 11.8 Å². The van der Waals surface area contributed by atoms with Gasteiger partial charge >= 0.3 is 5.97 Å². The molecule has 0 spiro atoms. The molecule has 4 nitrogen and oxygen atoms in total. The van der Waals surface area contributed by atoms with Crippen molar-refractivity contribution < 1.29 is 23.5 Å². The molecule has 22 heavy (non-hydrogen) atoms. The average molecular weight is 311 g/mol. The number of halogens is 2. The predicted molar refractivity (Wildman–Crippen MR) is 76.6 cm³/mol. The second-order valence-corrected chi connectivity index (χ2v) is 5.66. The number of nitrogens with zero attached hydrogens (tertiary/aromatic N) is 1. The highest BCUT2D eigenvalue weighted by molar-refractivity contribution is 5.95. The highest BCUT2D eigenvalue weighted by Gasteiger charge is 2.29. The predicted octanol–water partition coefficient (Wildman–Crippen LogP) is 3.13. The van der Waals surface area contributed by atoms with E-state index < -0.39 is 23.5 Å². The number of amides is 1. The van der Waals surface area contributed by atoms with E-state index in [2.05, 4.69) is 0 Å². The van der Waals surface area contributed by atoms with Crippen molar-refractivity contribution in [2.24, 2.45) is 0 Å². The van der Waals surface area contributed by atoms with Crippen molar-refractivity contribution >= 4 is 11.9 Å². The molecule has 6 heteroatoms. The van der Waals surface area contributed by atoms with Crippen molar-refractivity contribution in [2.45, 2.75) is 45.1 Å². The molecule has 0 aliphatic carbocycles. The number of carbonyl (C=O) groups excluding carboxylic acids is 1. The Morgan fingerprint density at radius 3 is 2.68 bits per heavy atom. The van der Waals surface area contributed by atoms with Crippen molar-refractivity contribution in [1.82, 2.24) is 4.90 Å². The number of likely N-dealkylation sites (tertiary alicyclic amines) is 1. The lowest BCUT2D eigenvalue weighted by Gasteiger charge is -2.35. The number of carboxylic acids is 1. The smallest absolute Gasteiger partial charge is 0.303 e. The highest BCUT2D eigenvalue weighted by Crippen LogP contribution is 2.25. The van der Waals surface area contributed by atoms with Gasteiger partial charge in [-0.1, -0.05) is 0 Å². The summed E-state index contributed by atoms with van der Waals surface area (Å²) in [4.78, 5) is 24.7. The largest absolute Gasteiger partial charge is 0.481 e. The molecule has 120 valence electrons. The minimum atomic E-state index is -0.925. The van der Waals surface area contributed by atoms with E-state index in [1.807, 2.05) is 0 Å². The molecular weight excluding hydrogens is 292 g/mol. The van der Waals surface area contributed by atoms with Crippen LogP contribution in [0.3, 0.4) is 0 Å².